The Kier molecular flexibility index (Phi) is 4.11. The zero-order chi connectivity index (χ0) is 15.6. The van der Waals surface area contributed by atoms with Crippen LogP contribution in [0.5, 0.6) is 0 Å². The molecule has 2 aromatic heterocycles. The summed E-state index contributed by atoms with van der Waals surface area (Å²) in [5.41, 5.74) is 1.85. The summed E-state index contributed by atoms with van der Waals surface area (Å²) in [6.45, 7) is 7.16. The molecule has 2 heterocycles. The minimum Gasteiger partial charge on any atom is -0.464 e. The second-order valence-electron chi connectivity index (χ2n) is 6.21. The number of hydrogen-bond donors (Lipinski definition) is 0. The lowest BCUT2D eigenvalue weighted by molar-refractivity contribution is 0.0595. The lowest BCUT2D eigenvalue weighted by Crippen LogP contribution is -2.12. The van der Waals surface area contributed by atoms with Gasteiger partial charge in [-0.05, 0) is 11.8 Å². The van der Waals surface area contributed by atoms with Crippen molar-refractivity contribution in [1.82, 2.24) is 24.8 Å². The molecule has 2 rings (SSSR count). The zero-order valence-corrected chi connectivity index (χ0v) is 13.1. The standard InChI is InChI=1S/C14H21N5O2/c1-14(2,3)6-7-19-12(10-8-15-18(4)9-10)11(16-17-19)13(20)21-5/h8-9H,6-7H2,1-5H3. The predicted molar refractivity (Wildman–Crippen MR) is 77.6 cm³/mol. The zero-order valence-electron chi connectivity index (χ0n) is 13.1. The van der Waals surface area contributed by atoms with Crippen LogP contribution in [0.25, 0.3) is 11.3 Å². The maximum Gasteiger partial charge on any atom is 0.360 e. The van der Waals surface area contributed by atoms with Crippen LogP contribution in [0.3, 0.4) is 0 Å². The molecular formula is C14H21N5O2. The van der Waals surface area contributed by atoms with Gasteiger partial charge in [0, 0.05) is 25.4 Å². The molecule has 7 nitrogen and oxygen atoms in total. The quantitative estimate of drug-likeness (QED) is 0.804. The van der Waals surface area contributed by atoms with Crippen molar-refractivity contribution in [2.75, 3.05) is 7.11 Å². The first kappa shape index (κ1) is 15.2. The molecule has 7 heteroatoms. The molecule has 0 N–H and O–H groups in total. The molecule has 21 heavy (non-hydrogen) atoms. The first-order valence-electron chi connectivity index (χ1n) is 6.82. The van der Waals surface area contributed by atoms with Crippen LogP contribution in [-0.2, 0) is 18.3 Å². The highest BCUT2D eigenvalue weighted by atomic mass is 16.5. The van der Waals surface area contributed by atoms with Crippen LogP contribution in [0.1, 0.15) is 37.7 Å². The van der Waals surface area contributed by atoms with Gasteiger partial charge in [0.2, 0.25) is 0 Å². The van der Waals surface area contributed by atoms with Crippen LogP contribution in [0.15, 0.2) is 12.4 Å². The Hall–Kier alpha value is -2.18. The normalized spacial score (nSPS) is 11.7. The van der Waals surface area contributed by atoms with Crippen LogP contribution in [0.4, 0.5) is 0 Å². The average Bonchev–Trinajstić information content (AvgIpc) is 3.00. The summed E-state index contributed by atoms with van der Waals surface area (Å²) in [5, 5.41) is 12.2. The minimum absolute atomic E-state index is 0.170. The maximum atomic E-state index is 11.9. The van der Waals surface area contributed by atoms with Gasteiger partial charge in [0.05, 0.1) is 13.3 Å². The second kappa shape index (κ2) is 5.67. The van der Waals surface area contributed by atoms with E-state index in [2.05, 4.69) is 36.2 Å². The van der Waals surface area contributed by atoms with Gasteiger partial charge in [0.15, 0.2) is 5.69 Å². The smallest absolute Gasteiger partial charge is 0.360 e. The fraction of sp³-hybridized carbons (Fsp3) is 0.571. The molecule has 0 unspecified atom stereocenters. The van der Waals surface area contributed by atoms with Gasteiger partial charge in [-0.25, -0.2) is 9.48 Å². The van der Waals surface area contributed by atoms with E-state index in [0.29, 0.717) is 12.2 Å². The number of methoxy groups -OCH3 is 1. The van der Waals surface area contributed by atoms with E-state index in [1.165, 1.54) is 7.11 Å². The summed E-state index contributed by atoms with van der Waals surface area (Å²) >= 11 is 0. The van der Waals surface area contributed by atoms with E-state index in [0.717, 1.165) is 12.0 Å². The molecular weight excluding hydrogens is 270 g/mol. The molecule has 0 spiro atoms. The molecule has 0 saturated heterocycles. The summed E-state index contributed by atoms with van der Waals surface area (Å²) in [6.07, 6.45) is 4.45. The van der Waals surface area contributed by atoms with E-state index in [1.807, 2.05) is 13.2 Å². The number of carbonyl (C=O) groups excluding carboxylic acids is 1. The van der Waals surface area contributed by atoms with Crippen molar-refractivity contribution in [2.45, 2.75) is 33.7 Å². The highest BCUT2D eigenvalue weighted by Crippen LogP contribution is 2.25. The number of rotatable bonds is 4. The fourth-order valence-electron chi connectivity index (χ4n) is 1.97. The number of carbonyl (C=O) groups is 1. The number of ether oxygens (including phenoxy) is 1. The molecule has 0 aliphatic heterocycles. The van der Waals surface area contributed by atoms with Crippen LogP contribution in [0.2, 0.25) is 0 Å². The van der Waals surface area contributed by atoms with Crippen molar-refractivity contribution < 1.29 is 9.53 Å². The lowest BCUT2D eigenvalue weighted by atomic mass is 9.92. The lowest BCUT2D eigenvalue weighted by Gasteiger charge is -2.18. The molecule has 2 aromatic rings. The Balaban J connectivity index is 2.41. The Morgan fingerprint density at radius 2 is 2.10 bits per heavy atom. The van der Waals surface area contributed by atoms with Crippen molar-refractivity contribution in [2.24, 2.45) is 12.5 Å². The first-order valence-corrected chi connectivity index (χ1v) is 6.82. The highest BCUT2D eigenvalue weighted by Gasteiger charge is 2.23. The SMILES string of the molecule is COC(=O)c1nnn(CCC(C)(C)C)c1-c1cnn(C)c1. The maximum absolute atomic E-state index is 11.9. The third kappa shape index (κ3) is 3.48. The second-order valence-corrected chi connectivity index (χ2v) is 6.21. The largest absolute Gasteiger partial charge is 0.464 e. The molecule has 0 aliphatic rings. The average molecular weight is 291 g/mol. The number of hydrogen-bond acceptors (Lipinski definition) is 5. The molecule has 114 valence electrons. The summed E-state index contributed by atoms with van der Waals surface area (Å²) < 4.78 is 8.20. The van der Waals surface area contributed by atoms with E-state index in [4.69, 9.17) is 4.74 Å². The molecule has 0 aliphatic carbocycles. The van der Waals surface area contributed by atoms with E-state index in [1.54, 1.807) is 15.6 Å². The van der Waals surface area contributed by atoms with Gasteiger partial charge >= 0.3 is 5.97 Å². The summed E-state index contributed by atoms with van der Waals surface area (Å²) in [7, 11) is 3.16. The monoisotopic (exact) mass is 291 g/mol. The van der Waals surface area contributed by atoms with Crippen molar-refractivity contribution in [1.29, 1.82) is 0 Å². The van der Waals surface area contributed by atoms with Crippen LogP contribution < -0.4 is 0 Å². The van der Waals surface area contributed by atoms with Gasteiger partial charge in [-0.3, -0.25) is 4.68 Å². The van der Waals surface area contributed by atoms with Gasteiger partial charge in [-0.15, -0.1) is 5.10 Å². The van der Waals surface area contributed by atoms with E-state index in [-0.39, 0.29) is 11.1 Å². The topological polar surface area (TPSA) is 74.8 Å². The summed E-state index contributed by atoms with van der Waals surface area (Å²) in [5.74, 6) is -0.490. The number of esters is 1. The van der Waals surface area contributed by atoms with Gasteiger partial charge in [0.25, 0.3) is 0 Å². The first-order chi connectivity index (χ1) is 9.81. The van der Waals surface area contributed by atoms with Gasteiger partial charge in [0.1, 0.15) is 5.69 Å². The minimum atomic E-state index is -0.490. The molecule has 0 amide bonds. The Labute approximate surface area is 123 Å². The Morgan fingerprint density at radius 3 is 2.62 bits per heavy atom. The highest BCUT2D eigenvalue weighted by molar-refractivity contribution is 5.93. The number of nitrogens with zero attached hydrogens (tertiary/aromatic N) is 5. The van der Waals surface area contributed by atoms with E-state index in [9.17, 15) is 4.79 Å². The van der Waals surface area contributed by atoms with Crippen molar-refractivity contribution in [3.05, 3.63) is 18.1 Å². The Morgan fingerprint density at radius 1 is 1.38 bits per heavy atom. The van der Waals surface area contributed by atoms with Crippen LogP contribution >= 0.6 is 0 Å². The van der Waals surface area contributed by atoms with Gasteiger partial charge < -0.3 is 4.74 Å². The summed E-state index contributed by atoms with van der Waals surface area (Å²) in [6, 6.07) is 0. The van der Waals surface area contributed by atoms with E-state index >= 15 is 0 Å². The third-order valence-corrected chi connectivity index (χ3v) is 3.17. The Bertz CT molecular complexity index is 636. The molecule has 0 fully saturated rings. The van der Waals surface area contributed by atoms with Crippen molar-refractivity contribution in [3.63, 3.8) is 0 Å². The molecule has 0 aromatic carbocycles. The van der Waals surface area contributed by atoms with Crippen molar-refractivity contribution in [3.8, 4) is 11.3 Å². The third-order valence-electron chi connectivity index (χ3n) is 3.17. The van der Waals surface area contributed by atoms with Crippen molar-refractivity contribution >= 4 is 5.97 Å². The fourth-order valence-corrected chi connectivity index (χ4v) is 1.97. The van der Waals surface area contributed by atoms with Gasteiger partial charge in [-0.2, -0.15) is 5.10 Å². The molecule has 0 saturated carbocycles. The predicted octanol–water partition coefficient (Wildman–Crippen LogP) is 1.90. The van der Waals surface area contributed by atoms with Gasteiger partial charge in [-0.1, -0.05) is 26.0 Å². The molecule has 0 atom stereocenters. The number of aromatic nitrogens is 5. The molecule has 0 bridgehead atoms. The van der Waals surface area contributed by atoms with E-state index < -0.39 is 5.97 Å². The number of aryl methyl sites for hydroxylation is 2. The van der Waals surface area contributed by atoms with Crippen LogP contribution in [0, 0.1) is 5.41 Å². The van der Waals surface area contributed by atoms with Crippen LogP contribution in [-0.4, -0.2) is 37.9 Å². The summed E-state index contributed by atoms with van der Waals surface area (Å²) in [4.78, 5) is 11.9. The molecule has 0 radical (unpaired) electrons.